The van der Waals surface area contributed by atoms with Gasteiger partial charge >= 0.3 is 6.09 Å². The van der Waals surface area contributed by atoms with Gasteiger partial charge in [0.1, 0.15) is 17.5 Å². The van der Waals surface area contributed by atoms with Crippen molar-refractivity contribution in [1.29, 1.82) is 0 Å². The minimum absolute atomic E-state index is 0.00581. The number of fused-ring (bicyclic) bond motifs is 1. The van der Waals surface area contributed by atoms with Gasteiger partial charge in [-0.3, -0.25) is 14.4 Å². The summed E-state index contributed by atoms with van der Waals surface area (Å²) in [5.41, 5.74) is 2.57. The van der Waals surface area contributed by atoms with Gasteiger partial charge in [-0.15, -0.1) is 0 Å². The van der Waals surface area contributed by atoms with E-state index in [0.717, 1.165) is 24.9 Å². The van der Waals surface area contributed by atoms with Crippen LogP contribution in [0.1, 0.15) is 84.3 Å². The third kappa shape index (κ3) is 8.53. The highest BCUT2D eigenvalue weighted by Gasteiger charge is 2.41. The van der Waals surface area contributed by atoms with E-state index in [1.807, 2.05) is 30.9 Å². The van der Waals surface area contributed by atoms with E-state index in [1.54, 1.807) is 44.7 Å². The number of Topliss-reactive ketones (excluding diaryl/α,β-unsaturated/α-hetero) is 2. The van der Waals surface area contributed by atoms with Gasteiger partial charge in [0.15, 0.2) is 11.6 Å². The number of likely N-dealkylation sites (N-methyl/N-ethyl adjacent to an activating group) is 1. The minimum atomic E-state index is -0.789. The largest absolute Gasteiger partial charge is 0.444 e. The second kappa shape index (κ2) is 14.8. The van der Waals surface area contributed by atoms with Crippen LogP contribution in [0.4, 0.5) is 14.9 Å². The number of carbonyl (C=O) groups excluding carboxylic acids is 4. The van der Waals surface area contributed by atoms with Crippen molar-refractivity contribution < 1.29 is 28.3 Å². The summed E-state index contributed by atoms with van der Waals surface area (Å²) in [5.74, 6) is -1.56. The number of rotatable bonds is 10. The zero-order chi connectivity index (χ0) is 33.8. The van der Waals surface area contributed by atoms with Crippen LogP contribution in [0.3, 0.4) is 0 Å². The number of halogens is 1. The molecule has 0 spiro atoms. The number of carbonyl (C=O) groups is 4. The molecule has 0 bridgehead atoms. The first kappa shape index (κ1) is 35.1. The fourth-order valence-corrected chi connectivity index (χ4v) is 6.57. The number of piperazine rings is 1. The van der Waals surface area contributed by atoms with E-state index < -0.39 is 29.7 Å². The normalized spacial score (nSPS) is 19.7. The molecule has 0 saturated carbocycles. The summed E-state index contributed by atoms with van der Waals surface area (Å²) in [6.45, 7) is 11.8. The van der Waals surface area contributed by atoms with Gasteiger partial charge in [0, 0.05) is 51.1 Å². The van der Waals surface area contributed by atoms with Crippen LogP contribution in [0.25, 0.3) is 0 Å². The smallest absolute Gasteiger partial charge is 0.410 e. The van der Waals surface area contributed by atoms with Crippen LogP contribution in [0, 0.1) is 17.7 Å². The summed E-state index contributed by atoms with van der Waals surface area (Å²) in [6, 6.07) is 13.0. The average Bonchev–Trinajstić information content (AvgIpc) is 3.01. The van der Waals surface area contributed by atoms with E-state index in [2.05, 4.69) is 12.1 Å². The standard InChI is InChI=1S/C37H50FN3O5/c1-24(2)31(22-33(42)25(3)39(7)36(45)46-37(4,5)6)35(44)41-20-19-40(29-17-15-28(38)16-18-29)23-32(41)34(43)21-27-13-10-12-26-11-8-9-14-30(26)27/h8-9,11,14-18,24-25,27,31-32H,10,12-13,19-23H2,1-7H3/t25-,27-,31-,32-/m0/s1. The second-order valence-corrected chi connectivity index (χ2v) is 14.2. The molecule has 0 unspecified atom stereocenters. The summed E-state index contributed by atoms with van der Waals surface area (Å²) >= 11 is 0. The molecule has 1 aliphatic heterocycles. The predicted octanol–water partition coefficient (Wildman–Crippen LogP) is 6.41. The molecule has 250 valence electrons. The van der Waals surface area contributed by atoms with Crippen molar-refractivity contribution in [3.63, 3.8) is 0 Å². The number of hydrogen-bond donors (Lipinski definition) is 0. The quantitative estimate of drug-likeness (QED) is 0.300. The maximum atomic E-state index is 14.3. The number of ketones is 2. The maximum Gasteiger partial charge on any atom is 0.410 e. The Morgan fingerprint density at radius 3 is 2.33 bits per heavy atom. The van der Waals surface area contributed by atoms with Crippen molar-refractivity contribution in [3.8, 4) is 0 Å². The van der Waals surface area contributed by atoms with E-state index >= 15 is 0 Å². The van der Waals surface area contributed by atoms with Crippen LogP contribution < -0.4 is 4.90 Å². The van der Waals surface area contributed by atoms with Gasteiger partial charge in [0.25, 0.3) is 0 Å². The van der Waals surface area contributed by atoms with Crippen molar-refractivity contribution in [3.05, 3.63) is 65.5 Å². The fraction of sp³-hybridized carbons (Fsp3) is 0.568. The molecule has 46 heavy (non-hydrogen) atoms. The molecular formula is C37H50FN3O5. The lowest BCUT2D eigenvalue weighted by Crippen LogP contribution is -2.60. The Hall–Kier alpha value is -3.75. The van der Waals surface area contributed by atoms with Crippen molar-refractivity contribution in [2.75, 3.05) is 31.6 Å². The van der Waals surface area contributed by atoms with Gasteiger partial charge in [0.2, 0.25) is 5.91 Å². The van der Waals surface area contributed by atoms with Crippen LogP contribution >= 0.6 is 0 Å². The molecule has 8 nitrogen and oxygen atoms in total. The molecule has 2 aromatic carbocycles. The van der Waals surface area contributed by atoms with Crippen LogP contribution in [0.5, 0.6) is 0 Å². The number of nitrogens with zero attached hydrogens (tertiary/aromatic N) is 3. The number of benzene rings is 2. The van der Waals surface area contributed by atoms with E-state index in [9.17, 15) is 23.6 Å². The first-order valence-electron chi connectivity index (χ1n) is 16.6. The predicted molar refractivity (Wildman–Crippen MR) is 177 cm³/mol. The Labute approximate surface area is 273 Å². The molecule has 9 heteroatoms. The van der Waals surface area contributed by atoms with Gasteiger partial charge < -0.3 is 19.4 Å². The molecule has 0 N–H and O–H groups in total. The molecular weight excluding hydrogens is 585 g/mol. The van der Waals surface area contributed by atoms with Crippen molar-refractivity contribution in [1.82, 2.24) is 9.80 Å². The van der Waals surface area contributed by atoms with Gasteiger partial charge in [-0.25, -0.2) is 9.18 Å². The summed E-state index contributed by atoms with van der Waals surface area (Å²) < 4.78 is 19.2. The van der Waals surface area contributed by atoms with Crippen molar-refractivity contribution in [2.45, 2.75) is 97.2 Å². The fourth-order valence-electron chi connectivity index (χ4n) is 6.57. The first-order valence-corrected chi connectivity index (χ1v) is 16.6. The second-order valence-electron chi connectivity index (χ2n) is 14.2. The Morgan fingerprint density at radius 2 is 1.67 bits per heavy atom. The van der Waals surface area contributed by atoms with E-state index in [0.29, 0.717) is 26.1 Å². The number of anilines is 1. The Balaban J connectivity index is 1.56. The summed E-state index contributed by atoms with van der Waals surface area (Å²) in [5, 5.41) is 0. The molecule has 1 fully saturated rings. The maximum absolute atomic E-state index is 14.3. The van der Waals surface area contributed by atoms with Crippen LogP contribution in [0.15, 0.2) is 48.5 Å². The van der Waals surface area contributed by atoms with Gasteiger partial charge in [-0.2, -0.15) is 0 Å². The number of ether oxygens (including phenoxy) is 1. The van der Waals surface area contributed by atoms with Crippen LogP contribution in [-0.4, -0.2) is 77.7 Å². The molecule has 2 aromatic rings. The molecule has 0 radical (unpaired) electrons. The zero-order valence-corrected chi connectivity index (χ0v) is 28.4. The lowest BCUT2D eigenvalue weighted by atomic mass is 9.79. The number of hydrogen-bond acceptors (Lipinski definition) is 6. The molecule has 1 heterocycles. The average molecular weight is 636 g/mol. The monoisotopic (exact) mass is 635 g/mol. The summed E-state index contributed by atoms with van der Waals surface area (Å²) in [7, 11) is 1.52. The Bertz CT molecular complexity index is 1400. The summed E-state index contributed by atoms with van der Waals surface area (Å²) in [4.78, 5) is 59.7. The number of amides is 2. The summed E-state index contributed by atoms with van der Waals surface area (Å²) in [6.07, 6.45) is 2.59. The van der Waals surface area contributed by atoms with E-state index in [4.69, 9.17) is 4.74 Å². The topological polar surface area (TPSA) is 87.2 Å². The zero-order valence-electron chi connectivity index (χ0n) is 28.4. The van der Waals surface area contributed by atoms with E-state index in [-0.39, 0.29) is 41.5 Å². The van der Waals surface area contributed by atoms with Gasteiger partial charge in [-0.1, -0.05) is 38.1 Å². The molecule has 2 amide bonds. The molecule has 4 rings (SSSR count). The molecule has 1 aliphatic carbocycles. The highest BCUT2D eigenvalue weighted by Crippen LogP contribution is 2.35. The first-order chi connectivity index (χ1) is 21.7. The molecule has 0 aromatic heterocycles. The number of aryl methyl sites for hydroxylation is 1. The van der Waals surface area contributed by atoms with Crippen molar-refractivity contribution >= 4 is 29.3 Å². The third-order valence-electron chi connectivity index (χ3n) is 9.44. The van der Waals surface area contributed by atoms with Crippen LogP contribution in [-0.2, 0) is 25.5 Å². The highest BCUT2D eigenvalue weighted by atomic mass is 19.1. The van der Waals surface area contributed by atoms with Crippen molar-refractivity contribution in [2.24, 2.45) is 11.8 Å². The Kier molecular flexibility index (Phi) is 11.3. The van der Waals surface area contributed by atoms with Gasteiger partial charge in [0.05, 0.1) is 6.04 Å². The Morgan fingerprint density at radius 1 is 1.00 bits per heavy atom. The molecule has 1 saturated heterocycles. The lowest BCUT2D eigenvalue weighted by molar-refractivity contribution is -0.146. The lowest BCUT2D eigenvalue weighted by Gasteiger charge is -2.44. The van der Waals surface area contributed by atoms with E-state index in [1.165, 1.54) is 35.2 Å². The SMILES string of the molecule is CC(C)[C@H](CC(=O)[C@H](C)N(C)C(=O)OC(C)(C)C)C(=O)N1CCN(c2ccc(F)cc2)C[C@H]1C(=O)C[C@@H]1CCCc2ccccc21. The van der Waals surface area contributed by atoms with Crippen LogP contribution in [0.2, 0.25) is 0 Å². The van der Waals surface area contributed by atoms with Gasteiger partial charge in [-0.05, 0) is 94.2 Å². The molecule has 4 atom stereocenters. The minimum Gasteiger partial charge on any atom is -0.444 e. The molecule has 2 aliphatic rings. The third-order valence-corrected chi connectivity index (χ3v) is 9.44. The highest BCUT2D eigenvalue weighted by molar-refractivity contribution is 5.94.